The highest BCUT2D eigenvalue weighted by molar-refractivity contribution is 5.94. The molecule has 1 aromatic carbocycles. The van der Waals surface area contributed by atoms with Crippen LogP contribution in [0.2, 0.25) is 0 Å². The Morgan fingerprint density at radius 1 is 1.47 bits per heavy atom. The lowest BCUT2D eigenvalue weighted by molar-refractivity contribution is 0.0571. The zero-order valence-corrected chi connectivity index (χ0v) is 11.1. The molecule has 19 heavy (non-hydrogen) atoms. The number of amides is 1. The molecule has 0 bridgehead atoms. The molecule has 1 aliphatic rings. The summed E-state index contributed by atoms with van der Waals surface area (Å²) in [4.78, 5) is 14.2. The van der Waals surface area contributed by atoms with E-state index in [1.165, 1.54) is 0 Å². The summed E-state index contributed by atoms with van der Waals surface area (Å²) in [6.07, 6.45) is 2.14. The highest BCUT2D eigenvalue weighted by Gasteiger charge is 2.24. The standard InChI is InChI=1S/C15H18N2O2/c1-19-11-13-3-2-8-17(10-13)15(18)14-6-4-12(9-16)5-7-14/h4-7,13H,2-3,8,10-11H2,1H3. The molecule has 1 fully saturated rings. The molecule has 0 radical (unpaired) electrons. The normalized spacial score (nSPS) is 18.9. The van der Waals surface area contributed by atoms with Crippen LogP contribution in [0, 0.1) is 17.2 Å². The Bertz CT molecular complexity index is 474. The number of ether oxygens (including phenoxy) is 1. The molecule has 0 aromatic heterocycles. The summed E-state index contributed by atoms with van der Waals surface area (Å²) in [6, 6.07) is 8.87. The maximum atomic E-state index is 12.4. The van der Waals surface area contributed by atoms with Crippen molar-refractivity contribution in [3.05, 3.63) is 35.4 Å². The summed E-state index contributed by atoms with van der Waals surface area (Å²) in [5.41, 5.74) is 1.23. The van der Waals surface area contributed by atoms with Gasteiger partial charge in [-0.3, -0.25) is 4.79 Å². The first-order valence-electron chi connectivity index (χ1n) is 6.53. The summed E-state index contributed by atoms with van der Waals surface area (Å²) in [6.45, 7) is 2.27. The minimum atomic E-state index is 0.0466. The monoisotopic (exact) mass is 258 g/mol. The molecule has 1 saturated heterocycles. The van der Waals surface area contributed by atoms with Crippen molar-refractivity contribution in [3.63, 3.8) is 0 Å². The number of piperidine rings is 1. The molecule has 4 heteroatoms. The summed E-state index contributed by atoms with van der Waals surface area (Å²) < 4.78 is 5.17. The van der Waals surface area contributed by atoms with Crippen molar-refractivity contribution < 1.29 is 9.53 Å². The predicted octanol–water partition coefficient (Wildman–Crippen LogP) is 2.06. The van der Waals surface area contributed by atoms with Gasteiger partial charge in [0.15, 0.2) is 0 Å². The quantitative estimate of drug-likeness (QED) is 0.833. The number of carbonyl (C=O) groups excluding carboxylic acids is 1. The Kier molecular flexibility index (Phi) is 4.53. The van der Waals surface area contributed by atoms with Crippen molar-refractivity contribution in [2.24, 2.45) is 5.92 Å². The van der Waals surface area contributed by atoms with Gasteiger partial charge in [0.25, 0.3) is 5.91 Å². The predicted molar refractivity (Wildman–Crippen MR) is 71.7 cm³/mol. The molecule has 2 rings (SSSR count). The lowest BCUT2D eigenvalue weighted by atomic mass is 9.98. The van der Waals surface area contributed by atoms with Crippen LogP contribution in [0.1, 0.15) is 28.8 Å². The molecular formula is C15H18N2O2. The fourth-order valence-electron chi connectivity index (χ4n) is 2.49. The maximum absolute atomic E-state index is 12.4. The van der Waals surface area contributed by atoms with Crippen LogP contribution in [-0.4, -0.2) is 37.6 Å². The molecule has 0 aliphatic carbocycles. The van der Waals surface area contributed by atoms with Crippen LogP contribution in [0.25, 0.3) is 0 Å². The maximum Gasteiger partial charge on any atom is 0.253 e. The van der Waals surface area contributed by atoms with E-state index in [9.17, 15) is 4.79 Å². The van der Waals surface area contributed by atoms with Gasteiger partial charge in [0, 0.05) is 25.8 Å². The van der Waals surface area contributed by atoms with Gasteiger partial charge in [-0.2, -0.15) is 5.26 Å². The van der Waals surface area contributed by atoms with Crippen molar-refractivity contribution in [2.45, 2.75) is 12.8 Å². The molecule has 1 aliphatic heterocycles. The van der Waals surface area contributed by atoms with Crippen LogP contribution in [-0.2, 0) is 4.74 Å². The largest absolute Gasteiger partial charge is 0.384 e. The molecular weight excluding hydrogens is 240 g/mol. The van der Waals surface area contributed by atoms with Crippen molar-refractivity contribution in [1.82, 2.24) is 4.90 Å². The number of nitrogens with zero attached hydrogens (tertiary/aromatic N) is 2. The second kappa shape index (κ2) is 6.35. The van der Waals surface area contributed by atoms with E-state index in [4.69, 9.17) is 10.00 Å². The first-order chi connectivity index (χ1) is 9.24. The first kappa shape index (κ1) is 13.6. The number of hydrogen-bond acceptors (Lipinski definition) is 3. The van der Waals surface area contributed by atoms with Crippen LogP contribution < -0.4 is 0 Å². The third-order valence-corrected chi connectivity index (χ3v) is 3.47. The molecule has 1 atom stereocenters. The Balaban J connectivity index is 2.04. The Morgan fingerprint density at radius 2 is 2.21 bits per heavy atom. The van der Waals surface area contributed by atoms with E-state index in [1.54, 1.807) is 31.4 Å². The number of benzene rings is 1. The number of carbonyl (C=O) groups is 1. The van der Waals surface area contributed by atoms with Crippen LogP contribution >= 0.6 is 0 Å². The molecule has 1 aromatic rings. The zero-order valence-electron chi connectivity index (χ0n) is 11.1. The molecule has 1 unspecified atom stereocenters. The summed E-state index contributed by atoms with van der Waals surface area (Å²) >= 11 is 0. The number of hydrogen-bond donors (Lipinski definition) is 0. The molecule has 1 amide bonds. The second-order valence-corrected chi connectivity index (χ2v) is 4.90. The summed E-state index contributed by atoms with van der Waals surface area (Å²) in [5, 5.41) is 8.75. The molecule has 100 valence electrons. The van der Waals surface area contributed by atoms with Gasteiger partial charge in [0.05, 0.1) is 18.2 Å². The van der Waals surface area contributed by atoms with E-state index in [-0.39, 0.29) is 5.91 Å². The van der Waals surface area contributed by atoms with E-state index in [2.05, 4.69) is 6.07 Å². The minimum absolute atomic E-state index is 0.0466. The van der Waals surface area contributed by atoms with Crippen LogP contribution in [0.5, 0.6) is 0 Å². The minimum Gasteiger partial charge on any atom is -0.384 e. The number of rotatable bonds is 3. The molecule has 4 nitrogen and oxygen atoms in total. The van der Waals surface area contributed by atoms with Crippen molar-refractivity contribution in [3.8, 4) is 6.07 Å². The van der Waals surface area contributed by atoms with Crippen molar-refractivity contribution in [1.29, 1.82) is 5.26 Å². The van der Waals surface area contributed by atoms with Crippen LogP contribution in [0.4, 0.5) is 0 Å². The SMILES string of the molecule is COCC1CCCN(C(=O)c2ccc(C#N)cc2)C1. The Labute approximate surface area is 113 Å². The fraction of sp³-hybridized carbons (Fsp3) is 0.467. The molecule has 0 spiro atoms. The Hall–Kier alpha value is -1.86. The smallest absolute Gasteiger partial charge is 0.253 e. The molecule has 0 N–H and O–H groups in total. The van der Waals surface area contributed by atoms with Crippen molar-refractivity contribution >= 4 is 5.91 Å². The van der Waals surface area contributed by atoms with Crippen LogP contribution in [0.3, 0.4) is 0 Å². The topological polar surface area (TPSA) is 53.3 Å². The number of likely N-dealkylation sites (tertiary alicyclic amines) is 1. The third-order valence-electron chi connectivity index (χ3n) is 3.47. The van der Waals surface area contributed by atoms with E-state index in [0.29, 0.717) is 23.7 Å². The first-order valence-corrected chi connectivity index (χ1v) is 6.53. The van der Waals surface area contributed by atoms with Gasteiger partial charge in [0.2, 0.25) is 0 Å². The third kappa shape index (κ3) is 3.33. The number of methoxy groups -OCH3 is 1. The second-order valence-electron chi connectivity index (χ2n) is 4.90. The molecule has 0 saturated carbocycles. The lowest BCUT2D eigenvalue weighted by Gasteiger charge is -2.32. The van der Waals surface area contributed by atoms with Gasteiger partial charge in [-0.15, -0.1) is 0 Å². The summed E-state index contributed by atoms with van der Waals surface area (Å²) in [7, 11) is 1.70. The highest BCUT2D eigenvalue weighted by Crippen LogP contribution is 2.19. The van der Waals surface area contributed by atoms with Crippen LogP contribution in [0.15, 0.2) is 24.3 Å². The Morgan fingerprint density at radius 3 is 2.84 bits per heavy atom. The van der Waals surface area contributed by atoms with E-state index < -0.39 is 0 Å². The average molecular weight is 258 g/mol. The van der Waals surface area contributed by atoms with Gasteiger partial charge < -0.3 is 9.64 Å². The zero-order chi connectivity index (χ0) is 13.7. The van der Waals surface area contributed by atoms with E-state index in [0.717, 1.165) is 25.9 Å². The fourth-order valence-corrected chi connectivity index (χ4v) is 2.49. The number of nitriles is 1. The van der Waals surface area contributed by atoms with Gasteiger partial charge >= 0.3 is 0 Å². The summed E-state index contributed by atoms with van der Waals surface area (Å²) in [5.74, 6) is 0.478. The van der Waals surface area contributed by atoms with E-state index >= 15 is 0 Å². The molecule has 1 heterocycles. The van der Waals surface area contributed by atoms with Crippen molar-refractivity contribution in [2.75, 3.05) is 26.8 Å². The lowest BCUT2D eigenvalue weighted by Crippen LogP contribution is -2.41. The highest BCUT2D eigenvalue weighted by atomic mass is 16.5. The van der Waals surface area contributed by atoms with Gasteiger partial charge in [-0.05, 0) is 43.0 Å². The van der Waals surface area contributed by atoms with Gasteiger partial charge in [-0.1, -0.05) is 0 Å². The average Bonchev–Trinajstić information content (AvgIpc) is 2.47. The van der Waals surface area contributed by atoms with E-state index in [1.807, 2.05) is 4.90 Å². The van der Waals surface area contributed by atoms with Gasteiger partial charge in [-0.25, -0.2) is 0 Å². The van der Waals surface area contributed by atoms with Gasteiger partial charge in [0.1, 0.15) is 0 Å².